The molecule has 0 atom stereocenters. The number of nitrogens with zero attached hydrogens (tertiary/aromatic N) is 2. The molecule has 0 aliphatic heterocycles. The maximum atomic E-state index is 13.2. The molecule has 1 heterocycles. The van der Waals surface area contributed by atoms with Gasteiger partial charge in [-0.2, -0.15) is 4.37 Å². The van der Waals surface area contributed by atoms with E-state index in [4.69, 9.17) is 17.3 Å². The van der Waals surface area contributed by atoms with Gasteiger partial charge in [0.15, 0.2) is 4.34 Å². The summed E-state index contributed by atoms with van der Waals surface area (Å²) in [5.41, 5.74) is 6.12. The van der Waals surface area contributed by atoms with Crippen LogP contribution in [0, 0.1) is 5.82 Å². The predicted molar refractivity (Wildman–Crippen MR) is 59.9 cm³/mol. The average Bonchev–Trinajstić information content (AvgIpc) is 2.67. The van der Waals surface area contributed by atoms with Crippen LogP contribution in [0.15, 0.2) is 27.7 Å². The summed E-state index contributed by atoms with van der Waals surface area (Å²) in [5.74, 6) is -0.488. The van der Waals surface area contributed by atoms with E-state index in [0.717, 1.165) is 0 Å². The van der Waals surface area contributed by atoms with E-state index in [1.165, 1.54) is 41.8 Å². The van der Waals surface area contributed by atoms with Gasteiger partial charge in [-0.1, -0.05) is 23.4 Å². The molecule has 0 bridgehead atoms. The van der Waals surface area contributed by atoms with E-state index < -0.39 is 5.82 Å². The molecule has 1 aromatic carbocycles. The fraction of sp³-hybridized carbons (Fsp3) is 0. The number of anilines is 1. The second-order valence-electron chi connectivity index (χ2n) is 2.61. The van der Waals surface area contributed by atoms with E-state index in [1.807, 2.05) is 0 Å². The third kappa shape index (κ3) is 2.39. The number of rotatable bonds is 2. The molecule has 0 amide bonds. The quantitative estimate of drug-likeness (QED) is 0.844. The summed E-state index contributed by atoms with van der Waals surface area (Å²) in [5, 5.41) is 0.0223. The highest BCUT2D eigenvalue weighted by atomic mass is 35.5. The van der Waals surface area contributed by atoms with Gasteiger partial charge in [-0.3, -0.25) is 0 Å². The molecular weight excluding hydrogens is 257 g/mol. The molecule has 0 saturated carbocycles. The van der Waals surface area contributed by atoms with Crippen LogP contribution >= 0.6 is 34.9 Å². The Hall–Kier alpha value is -0.850. The van der Waals surface area contributed by atoms with Gasteiger partial charge in [0.25, 0.3) is 0 Å². The summed E-state index contributed by atoms with van der Waals surface area (Å²) in [7, 11) is 0. The first kappa shape index (κ1) is 10.7. The van der Waals surface area contributed by atoms with Crippen molar-refractivity contribution in [1.29, 1.82) is 0 Å². The first-order valence-electron chi connectivity index (χ1n) is 3.86. The van der Waals surface area contributed by atoms with Crippen molar-refractivity contribution < 1.29 is 4.39 Å². The van der Waals surface area contributed by atoms with Crippen LogP contribution in [0.2, 0.25) is 5.02 Å². The minimum Gasteiger partial charge on any atom is -0.398 e. The molecule has 78 valence electrons. The lowest BCUT2D eigenvalue weighted by atomic mass is 10.3. The van der Waals surface area contributed by atoms with E-state index in [0.29, 0.717) is 14.9 Å². The van der Waals surface area contributed by atoms with E-state index >= 15 is 0 Å². The molecule has 2 aromatic rings. The molecule has 0 saturated heterocycles. The molecule has 2 rings (SSSR count). The van der Waals surface area contributed by atoms with Gasteiger partial charge in [0.05, 0.1) is 5.02 Å². The van der Waals surface area contributed by atoms with Gasteiger partial charge in [-0.25, -0.2) is 9.37 Å². The van der Waals surface area contributed by atoms with E-state index in [-0.39, 0.29) is 5.02 Å². The minimum atomic E-state index is -0.488. The Kier molecular flexibility index (Phi) is 3.08. The van der Waals surface area contributed by atoms with Gasteiger partial charge in [0.1, 0.15) is 12.1 Å². The van der Waals surface area contributed by atoms with E-state index in [1.54, 1.807) is 0 Å². The molecule has 15 heavy (non-hydrogen) atoms. The predicted octanol–water partition coefficient (Wildman–Crippen LogP) is 3.06. The normalized spacial score (nSPS) is 10.5. The summed E-state index contributed by atoms with van der Waals surface area (Å²) >= 11 is 8.07. The second kappa shape index (κ2) is 4.34. The smallest absolute Gasteiger partial charge is 0.174 e. The van der Waals surface area contributed by atoms with Gasteiger partial charge in [-0.15, -0.1) is 0 Å². The zero-order chi connectivity index (χ0) is 10.8. The van der Waals surface area contributed by atoms with Crippen molar-refractivity contribution in [3.8, 4) is 0 Å². The van der Waals surface area contributed by atoms with E-state index in [9.17, 15) is 4.39 Å². The number of aromatic nitrogens is 2. The van der Waals surface area contributed by atoms with E-state index in [2.05, 4.69) is 9.36 Å². The standard InChI is InChI=1S/C8H5ClFN3S2/c9-4-1-6(11)7(2-5(4)10)14-8-12-3-13-15-8/h1-3H,11H2. The number of benzene rings is 1. The van der Waals surface area contributed by atoms with Crippen molar-refractivity contribution in [3.05, 3.63) is 29.3 Å². The molecule has 1 aromatic heterocycles. The maximum absolute atomic E-state index is 13.2. The van der Waals surface area contributed by atoms with Crippen LogP contribution in [0.25, 0.3) is 0 Å². The fourth-order valence-corrected chi connectivity index (χ4v) is 2.56. The highest BCUT2D eigenvalue weighted by Gasteiger charge is 2.09. The molecular formula is C8H5ClFN3S2. The van der Waals surface area contributed by atoms with Gasteiger partial charge in [0, 0.05) is 10.6 Å². The number of hydrogen-bond acceptors (Lipinski definition) is 5. The number of nitrogens with two attached hydrogens (primary N) is 1. The lowest BCUT2D eigenvalue weighted by molar-refractivity contribution is 0.625. The SMILES string of the molecule is Nc1cc(Cl)c(F)cc1Sc1ncns1. The lowest BCUT2D eigenvalue weighted by Gasteiger charge is -2.03. The lowest BCUT2D eigenvalue weighted by Crippen LogP contribution is -1.90. The zero-order valence-electron chi connectivity index (χ0n) is 7.28. The highest BCUT2D eigenvalue weighted by Crippen LogP contribution is 2.35. The molecule has 0 fully saturated rings. The minimum absolute atomic E-state index is 0.0223. The van der Waals surface area contributed by atoms with Gasteiger partial charge in [-0.05, 0) is 23.7 Å². The first-order valence-corrected chi connectivity index (χ1v) is 5.82. The molecule has 0 aliphatic rings. The molecule has 0 unspecified atom stereocenters. The molecule has 0 aliphatic carbocycles. The third-order valence-corrected chi connectivity index (χ3v) is 3.67. The fourth-order valence-electron chi connectivity index (χ4n) is 0.934. The van der Waals surface area contributed by atoms with Crippen LogP contribution in [-0.2, 0) is 0 Å². The van der Waals surface area contributed by atoms with Crippen LogP contribution in [0.5, 0.6) is 0 Å². The van der Waals surface area contributed by atoms with Crippen molar-refractivity contribution in [2.24, 2.45) is 0 Å². The van der Waals surface area contributed by atoms with Gasteiger partial charge >= 0.3 is 0 Å². The zero-order valence-corrected chi connectivity index (χ0v) is 9.67. The van der Waals surface area contributed by atoms with Gasteiger partial charge in [0.2, 0.25) is 0 Å². The van der Waals surface area contributed by atoms with Crippen LogP contribution in [0.4, 0.5) is 10.1 Å². The number of halogens is 2. The van der Waals surface area contributed by atoms with Crippen molar-refractivity contribution in [2.75, 3.05) is 5.73 Å². The largest absolute Gasteiger partial charge is 0.398 e. The maximum Gasteiger partial charge on any atom is 0.174 e. The average molecular weight is 262 g/mol. The molecule has 3 nitrogen and oxygen atoms in total. The molecule has 7 heteroatoms. The van der Waals surface area contributed by atoms with Gasteiger partial charge < -0.3 is 5.73 Å². The summed E-state index contributed by atoms with van der Waals surface area (Å²) in [6.07, 6.45) is 1.44. The topological polar surface area (TPSA) is 51.8 Å². The third-order valence-electron chi connectivity index (χ3n) is 1.59. The molecule has 0 radical (unpaired) electrons. The summed E-state index contributed by atoms with van der Waals surface area (Å²) in [6, 6.07) is 2.68. The monoisotopic (exact) mass is 261 g/mol. The van der Waals surface area contributed by atoms with Crippen molar-refractivity contribution in [2.45, 2.75) is 9.24 Å². The van der Waals surface area contributed by atoms with Crippen molar-refractivity contribution in [3.63, 3.8) is 0 Å². The Morgan fingerprint density at radius 2 is 2.27 bits per heavy atom. The Morgan fingerprint density at radius 3 is 2.93 bits per heavy atom. The van der Waals surface area contributed by atoms with Crippen molar-refractivity contribution in [1.82, 2.24) is 9.36 Å². The highest BCUT2D eigenvalue weighted by molar-refractivity contribution is 8.01. The summed E-state index contributed by atoms with van der Waals surface area (Å²) in [6.45, 7) is 0. The Morgan fingerprint density at radius 1 is 1.47 bits per heavy atom. The molecule has 0 spiro atoms. The van der Waals surface area contributed by atoms with Crippen LogP contribution < -0.4 is 5.73 Å². The molecule has 2 N–H and O–H groups in total. The Bertz CT molecular complexity index is 475. The Balaban J connectivity index is 2.33. The second-order valence-corrected chi connectivity index (χ2v) is 5.09. The number of hydrogen-bond donors (Lipinski definition) is 1. The Labute approximate surface area is 98.6 Å². The van der Waals surface area contributed by atoms with Crippen LogP contribution in [-0.4, -0.2) is 9.36 Å². The van der Waals surface area contributed by atoms with Crippen LogP contribution in [0.1, 0.15) is 0 Å². The number of nitrogen functional groups attached to an aromatic ring is 1. The first-order chi connectivity index (χ1) is 7.16. The summed E-state index contributed by atoms with van der Waals surface area (Å²) < 4.78 is 17.7. The van der Waals surface area contributed by atoms with Crippen molar-refractivity contribution >= 4 is 40.6 Å². The summed E-state index contributed by atoms with van der Waals surface area (Å²) in [4.78, 5) is 4.56. The van der Waals surface area contributed by atoms with Crippen LogP contribution in [0.3, 0.4) is 0 Å².